The molecule has 1 N–H and O–H groups in total. The normalized spacial score (nSPS) is 10.8. The molecule has 108 valence electrons. The van der Waals surface area contributed by atoms with E-state index in [1.54, 1.807) is 23.1 Å². The molecule has 9 heteroatoms. The Hall–Kier alpha value is -1.48. The predicted octanol–water partition coefficient (Wildman–Crippen LogP) is 0.734. The molecular formula is C11H16N6OS2. The lowest BCUT2D eigenvalue weighted by Crippen LogP contribution is -2.27. The highest BCUT2D eigenvalue weighted by molar-refractivity contribution is 7.99. The molecule has 2 heterocycles. The van der Waals surface area contributed by atoms with Gasteiger partial charge in [0.1, 0.15) is 0 Å². The van der Waals surface area contributed by atoms with Gasteiger partial charge >= 0.3 is 0 Å². The topological polar surface area (TPSA) is 85.6 Å². The molecule has 0 bridgehead atoms. The average Bonchev–Trinajstić information content (AvgIpc) is 2.92. The second-order valence-corrected chi connectivity index (χ2v) is 6.67. The van der Waals surface area contributed by atoms with Gasteiger partial charge in [0.2, 0.25) is 11.1 Å². The summed E-state index contributed by atoms with van der Waals surface area (Å²) in [4.78, 5) is 17.3. The average molecular weight is 312 g/mol. The zero-order valence-corrected chi connectivity index (χ0v) is 13.2. The molecule has 0 unspecified atom stereocenters. The van der Waals surface area contributed by atoms with Crippen LogP contribution in [0.15, 0.2) is 5.16 Å². The highest BCUT2D eigenvalue weighted by Gasteiger charge is 2.10. The maximum atomic E-state index is 11.8. The molecule has 0 radical (unpaired) electrons. The summed E-state index contributed by atoms with van der Waals surface area (Å²) >= 11 is 3.13. The number of carbonyl (C=O) groups excluding carboxylic acids is 1. The lowest BCUT2D eigenvalue weighted by Gasteiger charge is -2.03. The van der Waals surface area contributed by atoms with Crippen LogP contribution in [0.2, 0.25) is 0 Å². The number of aromatic nitrogens is 5. The van der Waals surface area contributed by atoms with Crippen molar-refractivity contribution >= 4 is 29.0 Å². The molecule has 0 atom stereocenters. The number of nitrogens with zero attached hydrogens (tertiary/aromatic N) is 5. The van der Waals surface area contributed by atoms with Gasteiger partial charge in [0.25, 0.3) is 0 Å². The fourth-order valence-corrected chi connectivity index (χ4v) is 3.17. The van der Waals surface area contributed by atoms with E-state index in [1.807, 2.05) is 13.8 Å². The molecule has 7 nitrogen and oxygen atoms in total. The van der Waals surface area contributed by atoms with Gasteiger partial charge in [-0.25, -0.2) is 9.67 Å². The zero-order chi connectivity index (χ0) is 14.5. The number of thiazole rings is 1. The van der Waals surface area contributed by atoms with Crippen molar-refractivity contribution < 1.29 is 4.79 Å². The van der Waals surface area contributed by atoms with Gasteiger partial charge in [-0.2, -0.15) is 0 Å². The van der Waals surface area contributed by atoms with E-state index in [9.17, 15) is 4.79 Å². The minimum atomic E-state index is -0.00455. The summed E-state index contributed by atoms with van der Waals surface area (Å²) in [5.41, 5.74) is 0.871. The molecule has 20 heavy (non-hydrogen) atoms. The highest BCUT2D eigenvalue weighted by Crippen LogP contribution is 2.16. The molecule has 0 saturated heterocycles. The van der Waals surface area contributed by atoms with Gasteiger partial charge < -0.3 is 5.32 Å². The number of tetrazole rings is 1. The summed E-state index contributed by atoms with van der Waals surface area (Å²) < 4.78 is 1.61. The summed E-state index contributed by atoms with van der Waals surface area (Å²) in [5.74, 6) is 0.727. The van der Waals surface area contributed by atoms with Crippen LogP contribution in [-0.2, 0) is 18.3 Å². The summed E-state index contributed by atoms with van der Waals surface area (Å²) in [6.45, 7) is 4.52. The van der Waals surface area contributed by atoms with Crippen molar-refractivity contribution in [3.05, 3.63) is 15.6 Å². The second kappa shape index (κ2) is 6.80. The molecule has 0 fully saturated rings. The Kier molecular flexibility index (Phi) is 5.07. The Morgan fingerprint density at radius 3 is 2.85 bits per heavy atom. The lowest BCUT2D eigenvalue weighted by molar-refractivity contribution is -0.120. The van der Waals surface area contributed by atoms with Crippen LogP contribution < -0.4 is 5.32 Å². The fraction of sp³-hybridized carbons (Fsp3) is 0.545. The van der Waals surface area contributed by atoms with Gasteiger partial charge in [0.15, 0.2) is 0 Å². The summed E-state index contributed by atoms with van der Waals surface area (Å²) in [5, 5.41) is 15.8. The minimum absolute atomic E-state index is 0.00455. The van der Waals surface area contributed by atoms with E-state index in [1.165, 1.54) is 11.8 Å². The number of hydrogen-bond donors (Lipinski definition) is 1. The van der Waals surface area contributed by atoms with E-state index >= 15 is 0 Å². The van der Waals surface area contributed by atoms with Crippen molar-refractivity contribution in [3.63, 3.8) is 0 Å². The molecule has 0 spiro atoms. The van der Waals surface area contributed by atoms with Crippen molar-refractivity contribution in [2.45, 2.75) is 25.4 Å². The van der Waals surface area contributed by atoms with Crippen LogP contribution >= 0.6 is 23.1 Å². The Bertz CT molecular complexity index is 594. The first kappa shape index (κ1) is 14.9. The van der Waals surface area contributed by atoms with Crippen LogP contribution in [-0.4, -0.2) is 43.4 Å². The van der Waals surface area contributed by atoms with Crippen molar-refractivity contribution in [1.29, 1.82) is 0 Å². The molecule has 0 aliphatic rings. The number of thioether (sulfide) groups is 1. The molecule has 0 saturated carbocycles. The van der Waals surface area contributed by atoms with Crippen LogP contribution in [0.25, 0.3) is 0 Å². The van der Waals surface area contributed by atoms with Gasteiger partial charge in [-0.1, -0.05) is 11.8 Å². The van der Waals surface area contributed by atoms with Crippen molar-refractivity contribution in [2.24, 2.45) is 7.05 Å². The van der Waals surface area contributed by atoms with E-state index in [-0.39, 0.29) is 5.91 Å². The minimum Gasteiger partial charge on any atom is -0.355 e. The monoisotopic (exact) mass is 312 g/mol. The van der Waals surface area contributed by atoms with Gasteiger partial charge in [-0.05, 0) is 24.3 Å². The smallest absolute Gasteiger partial charge is 0.226 e. The Labute approximate surface area is 125 Å². The third kappa shape index (κ3) is 4.01. The molecule has 2 aromatic heterocycles. The molecule has 1 amide bonds. The molecule has 0 aromatic carbocycles. The Morgan fingerprint density at radius 1 is 1.45 bits per heavy atom. The van der Waals surface area contributed by atoms with Crippen LogP contribution in [0.4, 0.5) is 0 Å². The lowest BCUT2D eigenvalue weighted by atomic mass is 10.2. The van der Waals surface area contributed by atoms with E-state index in [2.05, 4.69) is 25.8 Å². The first-order chi connectivity index (χ1) is 9.56. The fourth-order valence-electron chi connectivity index (χ4n) is 1.63. The van der Waals surface area contributed by atoms with Crippen LogP contribution in [0.5, 0.6) is 0 Å². The van der Waals surface area contributed by atoms with Gasteiger partial charge in [-0.15, -0.1) is 16.4 Å². The van der Waals surface area contributed by atoms with Crippen LogP contribution in [0.3, 0.4) is 0 Å². The second-order valence-electron chi connectivity index (χ2n) is 4.20. The SMILES string of the molecule is Cc1nc(CC(=O)NCCSc2nnnn2C)c(C)s1. The predicted molar refractivity (Wildman–Crippen MR) is 77.8 cm³/mol. The molecule has 0 aliphatic heterocycles. The molecule has 2 rings (SSSR count). The van der Waals surface area contributed by atoms with Crippen molar-refractivity contribution in [2.75, 3.05) is 12.3 Å². The van der Waals surface area contributed by atoms with Gasteiger partial charge in [0, 0.05) is 24.2 Å². The number of carbonyl (C=O) groups is 1. The summed E-state index contributed by atoms with van der Waals surface area (Å²) in [6.07, 6.45) is 0.340. The third-order valence-electron chi connectivity index (χ3n) is 2.56. The van der Waals surface area contributed by atoms with Gasteiger partial charge in [0.05, 0.1) is 17.1 Å². The maximum Gasteiger partial charge on any atom is 0.226 e. The highest BCUT2D eigenvalue weighted by atomic mass is 32.2. The van der Waals surface area contributed by atoms with Gasteiger partial charge in [-0.3, -0.25) is 4.79 Å². The van der Waals surface area contributed by atoms with Crippen LogP contribution in [0, 0.1) is 13.8 Å². The largest absolute Gasteiger partial charge is 0.355 e. The van der Waals surface area contributed by atoms with Crippen LogP contribution in [0.1, 0.15) is 15.6 Å². The van der Waals surface area contributed by atoms with Crippen molar-refractivity contribution in [3.8, 4) is 0 Å². The first-order valence-corrected chi connectivity index (χ1v) is 7.91. The third-order valence-corrected chi connectivity index (χ3v) is 4.51. The van der Waals surface area contributed by atoms with E-state index in [0.717, 1.165) is 26.5 Å². The number of rotatable bonds is 6. The maximum absolute atomic E-state index is 11.8. The number of amides is 1. The molecular weight excluding hydrogens is 296 g/mol. The van der Waals surface area contributed by atoms with Crippen molar-refractivity contribution in [1.82, 2.24) is 30.5 Å². The number of hydrogen-bond acceptors (Lipinski definition) is 7. The summed E-state index contributed by atoms with van der Waals surface area (Å²) in [7, 11) is 1.79. The Balaban J connectivity index is 1.70. The Morgan fingerprint density at radius 2 is 2.25 bits per heavy atom. The number of nitrogens with one attached hydrogen (secondary N) is 1. The molecule has 2 aromatic rings. The van der Waals surface area contributed by atoms with E-state index in [0.29, 0.717) is 13.0 Å². The number of aryl methyl sites for hydroxylation is 3. The standard InChI is InChI=1S/C11H16N6OS2/c1-7-9(13-8(2)20-7)6-10(18)12-4-5-19-11-14-15-16-17(11)3/h4-6H2,1-3H3,(H,12,18). The zero-order valence-electron chi connectivity index (χ0n) is 11.6. The quantitative estimate of drug-likeness (QED) is 0.625. The first-order valence-electron chi connectivity index (χ1n) is 6.11. The molecule has 0 aliphatic carbocycles. The van der Waals surface area contributed by atoms with E-state index in [4.69, 9.17) is 0 Å². The van der Waals surface area contributed by atoms with E-state index < -0.39 is 0 Å². The summed E-state index contributed by atoms with van der Waals surface area (Å²) in [6, 6.07) is 0.